The van der Waals surface area contributed by atoms with Crippen molar-refractivity contribution < 1.29 is 14.6 Å². The van der Waals surface area contributed by atoms with E-state index in [0.29, 0.717) is 6.42 Å². The van der Waals surface area contributed by atoms with Crippen LogP contribution in [-0.2, 0) is 6.42 Å². The van der Waals surface area contributed by atoms with E-state index < -0.39 is 6.10 Å². The number of ether oxygens (including phenoxy) is 2. The summed E-state index contributed by atoms with van der Waals surface area (Å²) in [5, 5.41) is 12.1. The highest BCUT2D eigenvalue weighted by Gasteiger charge is 2.12. The monoisotopic (exact) mass is 342 g/mol. The van der Waals surface area contributed by atoms with Gasteiger partial charge in [-0.25, -0.2) is 0 Å². The lowest BCUT2D eigenvalue weighted by Gasteiger charge is -2.10. The van der Waals surface area contributed by atoms with Crippen LogP contribution in [0.25, 0.3) is 0 Å². The third kappa shape index (κ3) is 3.49. The van der Waals surface area contributed by atoms with E-state index in [9.17, 15) is 5.11 Å². The van der Waals surface area contributed by atoms with Crippen molar-refractivity contribution in [1.82, 2.24) is 0 Å². The number of thiophene rings is 1. The van der Waals surface area contributed by atoms with Gasteiger partial charge in [0.25, 0.3) is 0 Å². The van der Waals surface area contributed by atoms with Crippen molar-refractivity contribution in [2.45, 2.75) is 12.5 Å². The highest BCUT2D eigenvalue weighted by Crippen LogP contribution is 2.31. The van der Waals surface area contributed by atoms with Gasteiger partial charge < -0.3 is 14.6 Å². The molecule has 0 fully saturated rings. The van der Waals surface area contributed by atoms with E-state index in [2.05, 4.69) is 15.9 Å². The second-order valence-electron chi connectivity index (χ2n) is 4.08. The van der Waals surface area contributed by atoms with Crippen molar-refractivity contribution in [1.29, 1.82) is 0 Å². The van der Waals surface area contributed by atoms with Crippen molar-refractivity contribution >= 4 is 27.3 Å². The molecule has 1 aromatic carbocycles. The van der Waals surface area contributed by atoms with E-state index in [4.69, 9.17) is 9.47 Å². The zero-order valence-electron chi connectivity index (χ0n) is 10.7. The molecule has 1 heterocycles. The summed E-state index contributed by atoms with van der Waals surface area (Å²) >= 11 is 4.95. The Bertz CT molecular complexity index is 553. The molecule has 0 saturated carbocycles. The largest absolute Gasteiger partial charge is 0.496 e. The predicted molar refractivity (Wildman–Crippen MR) is 80.2 cm³/mol. The Morgan fingerprint density at radius 3 is 2.63 bits per heavy atom. The Kier molecular flexibility index (Phi) is 4.85. The lowest BCUT2D eigenvalue weighted by atomic mass is 10.1. The van der Waals surface area contributed by atoms with Gasteiger partial charge in [0.1, 0.15) is 11.5 Å². The van der Waals surface area contributed by atoms with Gasteiger partial charge in [-0.2, -0.15) is 0 Å². The molecule has 1 aromatic heterocycles. The summed E-state index contributed by atoms with van der Waals surface area (Å²) in [5.74, 6) is 1.57. The van der Waals surface area contributed by atoms with Crippen molar-refractivity contribution in [3.63, 3.8) is 0 Å². The molecule has 1 unspecified atom stereocenters. The maximum Gasteiger partial charge on any atom is 0.133 e. The van der Waals surface area contributed by atoms with E-state index in [1.807, 2.05) is 29.6 Å². The maximum atomic E-state index is 10.2. The number of methoxy groups -OCH3 is 2. The van der Waals surface area contributed by atoms with Crippen LogP contribution in [-0.4, -0.2) is 19.3 Å². The predicted octanol–water partition coefficient (Wildman–Crippen LogP) is 3.80. The van der Waals surface area contributed by atoms with E-state index >= 15 is 0 Å². The second kappa shape index (κ2) is 6.41. The van der Waals surface area contributed by atoms with Crippen LogP contribution in [0.2, 0.25) is 0 Å². The SMILES string of the molecule is COc1csc(C(O)Cc2ccc(OC)c(Br)c2)c1. The molecule has 0 spiro atoms. The number of aliphatic hydroxyl groups excluding tert-OH is 1. The number of aliphatic hydroxyl groups is 1. The summed E-state index contributed by atoms with van der Waals surface area (Å²) in [7, 11) is 3.26. The van der Waals surface area contributed by atoms with Crippen molar-refractivity contribution in [2.75, 3.05) is 14.2 Å². The van der Waals surface area contributed by atoms with E-state index in [-0.39, 0.29) is 0 Å². The highest BCUT2D eigenvalue weighted by atomic mass is 79.9. The molecule has 0 bridgehead atoms. The molecule has 0 saturated heterocycles. The van der Waals surface area contributed by atoms with Crippen molar-refractivity contribution in [2.24, 2.45) is 0 Å². The topological polar surface area (TPSA) is 38.7 Å². The van der Waals surface area contributed by atoms with Crippen LogP contribution in [0.15, 0.2) is 34.1 Å². The molecule has 0 amide bonds. The average Bonchev–Trinajstić information content (AvgIpc) is 2.88. The van der Waals surface area contributed by atoms with Gasteiger partial charge in [0.2, 0.25) is 0 Å². The summed E-state index contributed by atoms with van der Waals surface area (Å²) < 4.78 is 11.2. The number of rotatable bonds is 5. The molecular weight excluding hydrogens is 328 g/mol. The number of hydrogen-bond donors (Lipinski definition) is 1. The highest BCUT2D eigenvalue weighted by molar-refractivity contribution is 9.10. The Morgan fingerprint density at radius 1 is 1.26 bits per heavy atom. The molecule has 1 atom stereocenters. The molecule has 2 rings (SSSR count). The van der Waals surface area contributed by atoms with E-state index in [0.717, 1.165) is 26.4 Å². The molecule has 0 radical (unpaired) electrons. The van der Waals surface area contributed by atoms with Gasteiger partial charge in [-0.05, 0) is 39.7 Å². The third-order valence-electron chi connectivity index (χ3n) is 2.81. The van der Waals surface area contributed by atoms with Gasteiger partial charge >= 0.3 is 0 Å². The summed E-state index contributed by atoms with van der Waals surface area (Å²) in [6.07, 6.45) is 0.0425. The molecule has 1 N–H and O–H groups in total. The minimum atomic E-state index is -0.519. The summed E-state index contributed by atoms with van der Waals surface area (Å²) in [5.41, 5.74) is 1.05. The van der Waals surface area contributed by atoms with Gasteiger partial charge in [-0.3, -0.25) is 0 Å². The van der Waals surface area contributed by atoms with Gasteiger partial charge in [0.05, 0.1) is 24.8 Å². The van der Waals surface area contributed by atoms with Gasteiger partial charge in [-0.1, -0.05) is 6.07 Å². The molecule has 102 valence electrons. The lowest BCUT2D eigenvalue weighted by molar-refractivity contribution is 0.182. The molecule has 0 aliphatic heterocycles. The Balaban J connectivity index is 2.10. The molecule has 19 heavy (non-hydrogen) atoms. The van der Waals surface area contributed by atoms with Crippen LogP contribution >= 0.6 is 27.3 Å². The zero-order chi connectivity index (χ0) is 13.8. The van der Waals surface area contributed by atoms with Crippen molar-refractivity contribution in [3.05, 3.63) is 44.6 Å². The van der Waals surface area contributed by atoms with Gasteiger partial charge in [0, 0.05) is 16.7 Å². The second-order valence-corrected chi connectivity index (χ2v) is 5.87. The van der Waals surface area contributed by atoms with Crippen LogP contribution in [0, 0.1) is 0 Å². The standard InChI is InChI=1S/C14H15BrO3S/c1-17-10-7-14(19-8-10)12(16)6-9-3-4-13(18-2)11(15)5-9/h3-5,7-8,12,16H,6H2,1-2H3. The number of hydrogen-bond acceptors (Lipinski definition) is 4. The fourth-order valence-electron chi connectivity index (χ4n) is 1.78. The van der Waals surface area contributed by atoms with Crippen LogP contribution in [0.5, 0.6) is 11.5 Å². The zero-order valence-corrected chi connectivity index (χ0v) is 13.1. The first-order chi connectivity index (χ1) is 9.13. The fourth-order valence-corrected chi connectivity index (χ4v) is 3.21. The van der Waals surface area contributed by atoms with Crippen LogP contribution < -0.4 is 9.47 Å². The van der Waals surface area contributed by atoms with E-state index in [1.54, 1.807) is 14.2 Å². The fraction of sp³-hybridized carbons (Fsp3) is 0.286. The first-order valence-corrected chi connectivity index (χ1v) is 7.44. The summed E-state index contributed by atoms with van der Waals surface area (Å²) in [4.78, 5) is 0.906. The first-order valence-electron chi connectivity index (χ1n) is 5.77. The third-order valence-corrected chi connectivity index (χ3v) is 4.44. The Hall–Kier alpha value is -1.04. The minimum Gasteiger partial charge on any atom is -0.496 e. The minimum absolute atomic E-state index is 0.519. The quantitative estimate of drug-likeness (QED) is 0.897. The van der Waals surface area contributed by atoms with E-state index in [1.165, 1.54) is 11.3 Å². The normalized spacial score (nSPS) is 12.2. The molecule has 2 aromatic rings. The average molecular weight is 343 g/mol. The van der Waals surface area contributed by atoms with Crippen LogP contribution in [0.1, 0.15) is 16.5 Å². The summed E-state index contributed by atoms with van der Waals surface area (Å²) in [6, 6.07) is 7.68. The molecule has 5 heteroatoms. The van der Waals surface area contributed by atoms with Gasteiger partial charge in [0.15, 0.2) is 0 Å². The van der Waals surface area contributed by atoms with Crippen LogP contribution in [0.4, 0.5) is 0 Å². The summed E-state index contributed by atoms with van der Waals surface area (Å²) in [6.45, 7) is 0. The Morgan fingerprint density at radius 2 is 2.05 bits per heavy atom. The Labute approximate surface area is 124 Å². The molecular formula is C14H15BrO3S. The lowest BCUT2D eigenvalue weighted by Crippen LogP contribution is -2.00. The van der Waals surface area contributed by atoms with Gasteiger partial charge in [-0.15, -0.1) is 11.3 Å². The maximum absolute atomic E-state index is 10.2. The molecule has 0 aliphatic rings. The first kappa shape index (κ1) is 14.4. The molecule has 0 aliphatic carbocycles. The smallest absolute Gasteiger partial charge is 0.133 e. The van der Waals surface area contributed by atoms with Crippen LogP contribution in [0.3, 0.4) is 0 Å². The number of halogens is 1. The number of benzene rings is 1. The van der Waals surface area contributed by atoms with Crippen molar-refractivity contribution in [3.8, 4) is 11.5 Å². The molecule has 3 nitrogen and oxygen atoms in total.